The van der Waals surface area contributed by atoms with Gasteiger partial charge in [-0.15, -0.1) is 0 Å². The van der Waals surface area contributed by atoms with Crippen LogP contribution in [-0.2, 0) is 0 Å². The molecule has 0 radical (unpaired) electrons. The Kier molecular flexibility index (Phi) is 7.00. The van der Waals surface area contributed by atoms with Crippen LogP contribution in [0.1, 0.15) is 5.56 Å². The lowest BCUT2D eigenvalue weighted by Gasteiger charge is -2.14. The molecule has 4 aromatic rings. The second-order valence-corrected chi connectivity index (χ2v) is 8.11. The Hall–Kier alpha value is -3.71. The van der Waals surface area contributed by atoms with Crippen molar-refractivity contribution in [3.63, 3.8) is 0 Å². The summed E-state index contributed by atoms with van der Waals surface area (Å²) in [7, 11) is 5.05. The second kappa shape index (κ2) is 10.3. The highest BCUT2D eigenvalue weighted by Gasteiger charge is 2.12. The zero-order valence-corrected chi connectivity index (χ0v) is 20.2. The lowest BCUT2D eigenvalue weighted by atomic mass is 10.1. The van der Waals surface area contributed by atoms with Gasteiger partial charge in [0.2, 0.25) is 5.95 Å². The first-order valence-corrected chi connectivity index (χ1v) is 11.1. The molecule has 0 fully saturated rings. The molecule has 1 heterocycles. The Labute approximate surface area is 201 Å². The molecule has 0 unspecified atom stereocenters. The summed E-state index contributed by atoms with van der Waals surface area (Å²) in [6, 6.07) is 25.7. The predicted octanol–water partition coefficient (Wildman–Crippen LogP) is 6.06. The van der Waals surface area contributed by atoms with E-state index in [2.05, 4.69) is 21.0 Å². The number of aromatic nitrogens is 2. The Morgan fingerprint density at radius 1 is 0.788 bits per heavy atom. The predicted molar refractivity (Wildman–Crippen MR) is 136 cm³/mol. The molecule has 0 saturated carbocycles. The van der Waals surface area contributed by atoms with Crippen molar-refractivity contribution in [1.29, 1.82) is 0 Å². The fraction of sp³-hybridized carbons (Fsp3) is 0.115. The van der Waals surface area contributed by atoms with E-state index in [0.717, 1.165) is 32.6 Å². The van der Waals surface area contributed by atoms with Gasteiger partial charge in [-0.2, -0.15) is 5.10 Å². The van der Waals surface area contributed by atoms with E-state index in [-0.39, 0.29) is 0 Å². The van der Waals surface area contributed by atoms with Crippen LogP contribution in [0.25, 0.3) is 22.5 Å². The summed E-state index contributed by atoms with van der Waals surface area (Å²) < 4.78 is 11.7. The fourth-order valence-corrected chi connectivity index (χ4v) is 3.51. The van der Waals surface area contributed by atoms with Crippen molar-refractivity contribution in [2.75, 3.05) is 26.3 Å². The molecule has 6 nitrogen and oxygen atoms in total. The molecule has 1 aromatic heterocycles. The Balaban J connectivity index is 1.70. The summed E-state index contributed by atoms with van der Waals surface area (Å²) in [5.74, 6) is 1.80. The van der Waals surface area contributed by atoms with Gasteiger partial charge in [-0.3, -0.25) is 0 Å². The fourth-order valence-electron chi connectivity index (χ4n) is 3.24. The molecule has 0 amide bonds. The van der Waals surface area contributed by atoms with Gasteiger partial charge in [0.05, 0.1) is 31.8 Å². The highest BCUT2D eigenvalue weighted by Crippen LogP contribution is 2.28. The summed E-state index contributed by atoms with van der Waals surface area (Å²) >= 11 is 3.49. The van der Waals surface area contributed by atoms with E-state index in [9.17, 15) is 0 Å². The topological polar surface area (TPSA) is 59.8 Å². The van der Waals surface area contributed by atoms with E-state index >= 15 is 0 Å². The van der Waals surface area contributed by atoms with Gasteiger partial charge in [-0.25, -0.2) is 15.0 Å². The van der Waals surface area contributed by atoms with Crippen molar-refractivity contribution in [3.8, 4) is 34.0 Å². The van der Waals surface area contributed by atoms with Crippen LogP contribution >= 0.6 is 15.9 Å². The number of methoxy groups -OCH3 is 2. The molecule has 0 aliphatic carbocycles. The van der Waals surface area contributed by atoms with E-state index in [0.29, 0.717) is 17.4 Å². The molecule has 166 valence electrons. The van der Waals surface area contributed by atoms with E-state index in [4.69, 9.17) is 19.4 Å². The van der Waals surface area contributed by atoms with E-state index in [1.165, 1.54) is 0 Å². The Bertz CT molecular complexity index is 1260. The lowest BCUT2D eigenvalue weighted by molar-refractivity contribution is 0.355. The standard InChI is InChI=1S/C26H23BrN4O2/c1-31(28-17-18-9-14-24(32-2)25(15-18)33-3)26-29-22(19-7-5-4-6-8-19)16-23(30-26)20-10-12-21(27)13-11-20/h4-17H,1-3H3/b28-17+. The van der Waals surface area contributed by atoms with Crippen LogP contribution in [0, 0.1) is 0 Å². The molecule has 33 heavy (non-hydrogen) atoms. The zero-order valence-electron chi connectivity index (χ0n) is 18.6. The number of anilines is 1. The monoisotopic (exact) mass is 502 g/mol. The number of rotatable bonds is 7. The van der Waals surface area contributed by atoms with E-state index in [1.807, 2.05) is 85.9 Å². The average molecular weight is 503 g/mol. The SMILES string of the molecule is COc1ccc(/C=N/N(C)c2nc(-c3ccccc3)cc(-c3ccc(Br)cc3)n2)cc1OC. The third kappa shape index (κ3) is 5.38. The quantitative estimate of drug-likeness (QED) is 0.227. The first-order valence-electron chi connectivity index (χ1n) is 10.3. The number of benzene rings is 3. The summed E-state index contributed by atoms with van der Waals surface area (Å²) in [5, 5.41) is 6.22. The lowest BCUT2D eigenvalue weighted by Crippen LogP contribution is -2.13. The highest BCUT2D eigenvalue weighted by atomic mass is 79.9. The third-order valence-corrected chi connectivity index (χ3v) is 5.53. The number of halogens is 1. The first kappa shape index (κ1) is 22.5. The van der Waals surface area contributed by atoms with Gasteiger partial charge >= 0.3 is 0 Å². The van der Waals surface area contributed by atoms with Gasteiger partial charge in [-0.05, 0) is 42.0 Å². The molecule has 0 atom stereocenters. The van der Waals surface area contributed by atoms with Crippen molar-refractivity contribution in [1.82, 2.24) is 9.97 Å². The maximum Gasteiger partial charge on any atom is 0.247 e. The van der Waals surface area contributed by atoms with Crippen LogP contribution in [0.15, 0.2) is 88.4 Å². The maximum absolute atomic E-state index is 5.38. The molecule has 3 aromatic carbocycles. The Morgan fingerprint density at radius 2 is 1.42 bits per heavy atom. The molecule has 0 spiro atoms. The van der Waals surface area contributed by atoms with Gasteiger partial charge in [0.25, 0.3) is 0 Å². The average Bonchev–Trinajstić information content (AvgIpc) is 2.87. The molecule has 4 rings (SSSR count). The van der Waals surface area contributed by atoms with Gasteiger partial charge in [0.1, 0.15) is 0 Å². The van der Waals surface area contributed by atoms with Crippen molar-refractivity contribution in [3.05, 3.63) is 88.9 Å². The summed E-state index contributed by atoms with van der Waals surface area (Å²) in [6.45, 7) is 0. The Morgan fingerprint density at radius 3 is 2.06 bits per heavy atom. The first-order chi connectivity index (χ1) is 16.1. The normalized spacial score (nSPS) is 10.9. The number of ether oxygens (including phenoxy) is 2. The minimum absolute atomic E-state index is 0.492. The highest BCUT2D eigenvalue weighted by molar-refractivity contribution is 9.10. The van der Waals surface area contributed by atoms with Gasteiger partial charge in [0, 0.05) is 22.6 Å². The van der Waals surface area contributed by atoms with Crippen LogP contribution in [-0.4, -0.2) is 37.4 Å². The second-order valence-electron chi connectivity index (χ2n) is 7.19. The van der Waals surface area contributed by atoms with Crippen LogP contribution in [0.4, 0.5) is 5.95 Å². The summed E-state index contributed by atoms with van der Waals surface area (Å²) in [4.78, 5) is 9.54. The minimum Gasteiger partial charge on any atom is -0.493 e. The molecule has 7 heteroatoms. The van der Waals surface area contributed by atoms with Crippen molar-refractivity contribution in [2.45, 2.75) is 0 Å². The molecule has 0 N–H and O–H groups in total. The maximum atomic E-state index is 5.38. The van der Waals surface area contributed by atoms with Crippen molar-refractivity contribution < 1.29 is 9.47 Å². The number of hydrogen-bond acceptors (Lipinski definition) is 6. The minimum atomic E-state index is 0.492. The van der Waals surface area contributed by atoms with Crippen LogP contribution in [0.3, 0.4) is 0 Å². The van der Waals surface area contributed by atoms with Crippen LogP contribution in [0.5, 0.6) is 11.5 Å². The van der Waals surface area contributed by atoms with Crippen LogP contribution < -0.4 is 14.5 Å². The number of hydrazone groups is 1. The van der Waals surface area contributed by atoms with Gasteiger partial charge in [-0.1, -0.05) is 58.4 Å². The van der Waals surface area contributed by atoms with E-state index < -0.39 is 0 Å². The van der Waals surface area contributed by atoms with Crippen LogP contribution in [0.2, 0.25) is 0 Å². The molecular formula is C26H23BrN4O2. The van der Waals surface area contributed by atoms with Crippen molar-refractivity contribution in [2.24, 2.45) is 5.10 Å². The molecule has 0 aliphatic heterocycles. The molecular weight excluding hydrogens is 480 g/mol. The zero-order chi connectivity index (χ0) is 23.2. The molecule has 0 bridgehead atoms. The molecule has 0 saturated heterocycles. The molecule has 0 aliphatic rings. The van der Waals surface area contributed by atoms with E-state index in [1.54, 1.807) is 25.4 Å². The van der Waals surface area contributed by atoms with Crippen molar-refractivity contribution >= 4 is 28.1 Å². The van der Waals surface area contributed by atoms with Gasteiger partial charge < -0.3 is 9.47 Å². The summed E-state index contributed by atoms with van der Waals surface area (Å²) in [6.07, 6.45) is 1.74. The number of nitrogens with zero attached hydrogens (tertiary/aromatic N) is 4. The smallest absolute Gasteiger partial charge is 0.247 e. The summed E-state index contributed by atoms with van der Waals surface area (Å²) in [5.41, 5.74) is 4.52. The largest absolute Gasteiger partial charge is 0.493 e. The van der Waals surface area contributed by atoms with Gasteiger partial charge in [0.15, 0.2) is 11.5 Å². The third-order valence-electron chi connectivity index (χ3n) is 5.00. The number of hydrogen-bond donors (Lipinski definition) is 0.